The number of nitrogens with zero attached hydrogens (tertiary/aromatic N) is 1. The van der Waals surface area contributed by atoms with Gasteiger partial charge in [0.15, 0.2) is 0 Å². The van der Waals surface area contributed by atoms with Crippen molar-refractivity contribution in [2.75, 3.05) is 12.4 Å². The normalized spacial score (nSPS) is 11.2. The van der Waals surface area contributed by atoms with Crippen LogP contribution in [-0.2, 0) is 17.5 Å². The molecule has 0 aliphatic carbocycles. The van der Waals surface area contributed by atoms with Crippen LogP contribution in [0.3, 0.4) is 0 Å². The third-order valence-electron chi connectivity index (χ3n) is 3.06. The van der Waals surface area contributed by atoms with Gasteiger partial charge in [0.1, 0.15) is 17.3 Å². The van der Waals surface area contributed by atoms with E-state index in [9.17, 15) is 22.8 Å². The molecule has 1 aromatic carbocycles. The average molecular weight is 361 g/mol. The summed E-state index contributed by atoms with van der Waals surface area (Å²) >= 11 is 5.53. The molecule has 0 radical (unpaired) electrons. The van der Waals surface area contributed by atoms with Crippen LogP contribution in [0.25, 0.3) is 0 Å². The van der Waals surface area contributed by atoms with Crippen molar-refractivity contribution in [3.05, 3.63) is 57.5 Å². The highest BCUT2D eigenvalue weighted by atomic mass is 35.5. The number of benzene rings is 1. The third kappa shape index (κ3) is 4.08. The van der Waals surface area contributed by atoms with Gasteiger partial charge < -0.3 is 14.6 Å². The van der Waals surface area contributed by atoms with E-state index in [2.05, 4.69) is 5.32 Å². The summed E-state index contributed by atoms with van der Waals surface area (Å²) in [7, 11) is 1.40. The van der Waals surface area contributed by atoms with Crippen molar-refractivity contribution in [3.63, 3.8) is 0 Å². The number of rotatable bonds is 4. The second-order valence-electron chi connectivity index (χ2n) is 4.76. The van der Waals surface area contributed by atoms with Crippen LogP contribution in [0.1, 0.15) is 5.56 Å². The van der Waals surface area contributed by atoms with Crippen LogP contribution in [0.4, 0.5) is 18.9 Å². The molecule has 0 atom stereocenters. The van der Waals surface area contributed by atoms with Crippen molar-refractivity contribution in [3.8, 4) is 5.75 Å². The fraction of sp³-hybridized carbons (Fsp3) is 0.200. The van der Waals surface area contributed by atoms with Gasteiger partial charge in [0.2, 0.25) is 5.91 Å². The molecule has 1 heterocycles. The molecule has 24 heavy (non-hydrogen) atoms. The Morgan fingerprint density at radius 2 is 2.00 bits per heavy atom. The summed E-state index contributed by atoms with van der Waals surface area (Å²) in [5, 5.41) is 1.85. The SMILES string of the molecule is COc1ccccc1NC(=O)Cn1cc(C(F)(F)F)cc(Cl)c1=O. The number of hydrogen-bond donors (Lipinski definition) is 1. The van der Waals surface area contributed by atoms with Crippen LogP contribution in [0.15, 0.2) is 41.3 Å². The lowest BCUT2D eigenvalue weighted by Crippen LogP contribution is -2.29. The number of carbonyl (C=O) groups excluding carboxylic acids is 1. The molecule has 0 saturated heterocycles. The second kappa shape index (κ2) is 6.96. The summed E-state index contributed by atoms with van der Waals surface area (Å²) in [6, 6.07) is 7.01. The zero-order chi connectivity index (χ0) is 17.9. The van der Waals surface area contributed by atoms with E-state index < -0.39 is 34.8 Å². The molecule has 2 rings (SSSR count). The van der Waals surface area contributed by atoms with Gasteiger partial charge in [-0.1, -0.05) is 23.7 Å². The molecule has 9 heteroatoms. The number of methoxy groups -OCH3 is 1. The van der Waals surface area contributed by atoms with Crippen molar-refractivity contribution in [2.45, 2.75) is 12.7 Å². The molecule has 0 bridgehead atoms. The Balaban J connectivity index is 2.26. The van der Waals surface area contributed by atoms with E-state index in [4.69, 9.17) is 16.3 Å². The number of amides is 1. The smallest absolute Gasteiger partial charge is 0.417 e. The maximum absolute atomic E-state index is 12.8. The molecular weight excluding hydrogens is 349 g/mol. The highest BCUT2D eigenvalue weighted by Gasteiger charge is 2.32. The van der Waals surface area contributed by atoms with Gasteiger partial charge in [0.05, 0.1) is 18.4 Å². The fourth-order valence-electron chi connectivity index (χ4n) is 1.96. The molecule has 128 valence electrons. The van der Waals surface area contributed by atoms with Crippen molar-refractivity contribution >= 4 is 23.2 Å². The second-order valence-corrected chi connectivity index (χ2v) is 5.16. The Morgan fingerprint density at radius 1 is 1.33 bits per heavy atom. The molecule has 1 aromatic heterocycles. The Morgan fingerprint density at radius 3 is 2.62 bits per heavy atom. The number of pyridine rings is 1. The standard InChI is InChI=1S/C15H12ClF3N2O3/c1-24-12-5-3-2-4-11(12)20-13(22)8-21-7-9(15(17,18)19)6-10(16)14(21)23/h2-7H,8H2,1H3,(H,20,22). The van der Waals surface area contributed by atoms with Gasteiger partial charge in [0.25, 0.3) is 5.56 Å². The summed E-state index contributed by atoms with van der Waals surface area (Å²) in [5.41, 5.74) is -1.67. The molecule has 0 unspecified atom stereocenters. The van der Waals surface area contributed by atoms with Gasteiger partial charge in [-0.25, -0.2) is 0 Å². The molecule has 5 nitrogen and oxygen atoms in total. The van der Waals surface area contributed by atoms with Crippen LogP contribution >= 0.6 is 11.6 Å². The van der Waals surface area contributed by atoms with Crippen molar-refractivity contribution in [1.29, 1.82) is 0 Å². The quantitative estimate of drug-likeness (QED) is 0.911. The van der Waals surface area contributed by atoms with Crippen molar-refractivity contribution in [1.82, 2.24) is 4.57 Å². The lowest BCUT2D eigenvalue weighted by Gasteiger charge is -2.13. The topological polar surface area (TPSA) is 60.3 Å². The largest absolute Gasteiger partial charge is 0.495 e. The molecule has 0 spiro atoms. The maximum atomic E-state index is 12.8. The first-order valence-electron chi connectivity index (χ1n) is 6.62. The average Bonchev–Trinajstić information content (AvgIpc) is 2.51. The molecule has 0 aliphatic rings. The minimum absolute atomic E-state index is 0.330. The number of para-hydroxylation sites is 2. The zero-order valence-electron chi connectivity index (χ0n) is 12.4. The van der Waals surface area contributed by atoms with Crippen LogP contribution < -0.4 is 15.6 Å². The Bertz CT molecular complexity index is 818. The highest BCUT2D eigenvalue weighted by Crippen LogP contribution is 2.29. The number of ether oxygens (including phenoxy) is 1. The first kappa shape index (κ1) is 17.9. The molecule has 0 fully saturated rings. The first-order valence-corrected chi connectivity index (χ1v) is 7.00. The fourth-order valence-corrected chi connectivity index (χ4v) is 2.19. The summed E-state index contributed by atoms with van der Waals surface area (Å²) < 4.78 is 44.0. The Hall–Kier alpha value is -2.48. The van der Waals surface area contributed by atoms with E-state index >= 15 is 0 Å². The van der Waals surface area contributed by atoms with Gasteiger partial charge in [-0.3, -0.25) is 9.59 Å². The predicted octanol–water partition coefficient (Wildman–Crippen LogP) is 3.17. The zero-order valence-corrected chi connectivity index (χ0v) is 13.1. The predicted molar refractivity (Wildman–Crippen MR) is 82.3 cm³/mol. The van der Waals surface area contributed by atoms with Crippen LogP contribution in [0.5, 0.6) is 5.75 Å². The summed E-state index contributed by atoms with van der Waals surface area (Å²) in [5.74, 6) is -0.322. The Labute approximate surface area is 139 Å². The van der Waals surface area contributed by atoms with Gasteiger partial charge in [-0.05, 0) is 18.2 Å². The van der Waals surface area contributed by atoms with Gasteiger partial charge in [-0.2, -0.15) is 13.2 Å². The Kier molecular flexibility index (Phi) is 5.18. The van der Waals surface area contributed by atoms with Crippen LogP contribution in [0, 0.1) is 0 Å². The van der Waals surface area contributed by atoms with Gasteiger partial charge >= 0.3 is 6.18 Å². The number of hydrogen-bond acceptors (Lipinski definition) is 3. The van der Waals surface area contributed by atoms with Gasteiger partial charge in [-0.15, -0.1) is 0 Å². The van der Waals surface area contributed by atoms with Crippen LogP contribution in [-0.4, -0.2) is 17.6 Å². The molecule has 1 amide bonds. The number of carbonyl (C=O) groups is 1. The lowest BCUT2D eigenvalue weighted by atomic mass is 10.2. The summed E-state index contributed by atoms with van der Waals surface area (Å²) in [6.45, 7) is -0.624. The molecule has 0 aliphatic heterocycles. The molecule has 2 aromatic rings. The van der Waals surface area contributed by atoms with Crippen molar-refractivity contribution in [2.24, 2.45) is 0 Å². The lowest BCUT2D eigenvalue weighted by molar-refractivity contribution is -0.138. The molecule has 0 saturated carbocycles. The van der Waals surface area contributed by atoms with Gasteiger partial charge in [0, 0.05) is 6.20 Å². The van der Waals surface area contributed by atoms with Crippen LogP contribution in [0.2, 0.25) is 5.02 Å². The van der Waals surface area contributed by atoms with E-state index in [1.54, 1.807) is 24.3 Å². The van der Waals surface area contributed by atoms with E-state index in [1.165, 1.54) is 7.11 Å². The number of aromatic nitrogens is 1. The number of alkyl halides is 3. The first-order chi connectivity index (χ1) is 11.2. The minimum atomic E-state index is -4.68. The molecule has 1 N–H and O–H groups in total. The van der Waals surface area contributed by atoms with E-state index in [0.717, 1.165) is 0 Å². The minimum Gasteiger partial charge on any atom is -0.495 e. The number of nitrogens with one attached hydrogen (secondary N) is 1. The van der Waals surface area contributed by atoms with E-state index in [1.807, 2.05) is 0 Å². The van der Waals surface area contributed by atoms with E-state index in [0.29, 0.717) is 28.3 Å². The third-order valence-corrected chi connectivity index (χ3v) is 3.34. The summed E-state index contributed by atoms with van der Waals surface area (Å²) in [4.78, 5) is 23.8. The van der Waals surface area contributed by atoms with Crippen molar-refractivity contribution < 1.29 is 22.7 Å². The monoisotopic (exact) mass is 360 g/mol. The highest BCUT2D eigenvalue weighted by molar-refractivity contribution is 6.30. The molecular formula is C15H12ClF3N2O3. The summed E-state index contributed by atoms with van der Waals surface area (Å²) in [6.07, 6.45) is -4.13. The number of anilines is 1. The van der Waals surface area contributed by atoms with E-state index in [-0.39, 0.29) is 0 Å². The number of halogens is 4. The maximum Gasteiger partial charge on any atom is 0.417 e.